The predicted octanol–water partition coefficient (Wildman–Crippen LogP) is 3.97. The van der Waals surface area contributed by atoms with Gasteiger partial charge in [-0.1, -0.05) is 20.3 Å². The molecule has 0 aliphatic carbocycles. The molecule has 1 aromatic carbocycles. The summed E-state index contributed by atoms with van der Waals surface area (Å²) < 4.78 is 12.6. The fourth-order valence-corrected chi connectivity index (χ4v) is 7.60. The third kappa shape index (κ3) is 4.92. The fourth-order valence-electron chi connectivity index (χ4n) is 7.60. The van der Waals surface area contributed by atoms with Crippen LogP contribution in [-0.2, 0) is 28.3 Å². The number of ether oxygens (including phenoxy) is 2. The van der Waals surface area contributed by atoms with Crippen molar-refractivity contribution in [2.24, 2.45) is 0 Å². The second-order valence-corrected chi connectivity index (χ2v) is 12.7. The van der Waals surface area contributed by atoms with E-state index in [1.807, 2.05) is 6.92 Å². The number of fused-ring (bicyclic) bond motifs is 5. The lowest BCUT2D eigenvalue weighted by Gasteiger charge is -2.39. The number of hydrogen-bond donors (Lipinski definition) is 2. The molecule has 7 rings (SSSR count). The highest BCUT2D eigenvalue weighted by molar-refractivity contribution is 5.90. The van der Waals surface area contributed by atoms with Crippen molar-refractivity contribution in [2.75, 3.05) is 26.2 Å². The lowest BCUT2D eigenvalue weighted by molar-refractivity contribution is -0.172. The van der Waals surface area contributed by atoms with Crippen molar-refractivity contribution < 1.29 is 29.3 Å². The van der Waals surface area contributed by atoms with Crippen LogP contribution in [-0.4, -0.2) is 73.8 Å². The van der Waals surface area contributed by atoms with Crippen molar-refractivity contribution in [1.29, 1.82) is 0 Å². The van der Waals surface area contributed by atoms with E-state index >= 15 is 0 Å². The summed E-state index contributed by atoms with van der Waals surface area (Å²) in [6.45, 7) is 7.10. The van der Waals surface area contributed by atoms with Crippen LogP contribution in [0.3, 0.4) is 0 Å². The molecule has 238 valence electrons. The molecular weight excluding hydrogens is 576 g/mol. The number of pyridine rings is 2. The smallest absolute Gasteiger partial charge is 0.415 e. The maximum absolute atomic E-state index is 13.7. The number of rotatable bonds is 5. The Morgan fingerprint density at radius 1 is 1.09 bits per heavy atom. The molecule has 0 bridgehead atoms. The molecular formula is C34H40N4O7. The number of nitrogens with zero attached hydrogens (tertiary/aromatic N) is 4. The van der Waals surface area contributed by atoms with E-state index in [2.05, 4.69) is 4.90 Å². The molecule has 2 unspecified atom stereocenters. The lowest BCUT2D eigenvalue weighted by atomic mass is 9.86. The SMILES string of the molecule is CCC(O)c1c2c(nc3ccc(OC(=O)N4CCC(N5CCCCC5)CC4)cc13)-c1cc3c(c(=O)n1C2)COC(=O)C3(O)CC. The Bertz CT molecular complexity index is 1740. The number of piperidine rings is 2. The Hall–Kier alpha value is -3.80. The molecule has 4 aliphatic heterocycles. The molecule has 3 aromatic rings. The van der Waals surface area contributed by atoms with Gasteiger partial charge in [-0.15, -0.1) is 0 Å². The number of aliphatic hydroxyl groups excluding tert-OH is 1. The molecule has 2 fully saturated rings. The minimum absolute atomic E-state index is 0.0531. The molecule has 2 aromatic heterocycles. The minimum Gasteiger partial charge on any atom is -0.458 e. The first-order valence-corrected chi connectivity index (χ1v) is 16.3. The van der Waals surface area contributed by atoms with Gasteiger partial charge in [0.05, 0.1) is 35.1 Å². The van der Waals surface area contributed by atoms with Gasteiger partial charge in [0, 0.05) is 35.6 Å². The van der Waals surface area contributed by atoms with Crippen LogP contribution in [0.1, 0.15) is 87.2 Å². The summed E-state index contributed by atoms with van der Waals surface area (Å²) in [6.07, 6.45) is 4.91. The predicted molar refractivity (Wildman–Crippen MR) is 166 cm³/mol. The molecule has 11 nitrogen and oxygen atoms in total. The Morgan fingerprint density at radius 3 is 2.56 bits per heavy atom. The van der Waals surface area contributed by atoms with Crippen LogP contribution in [0, 0.1) is 0 Å². The van der Waals surface area contributed by atoms with Crippen molar-refractivity contribution in [3.05, 3.63) is 56.9 Å². The molecule has 1 amide bonds. The molecule has 4 aliphatic rings. The van der Waals surface area contributed by atoms with Gasteiger partial charge >= 0.3 is 12.1 Å². The second kappa shape index (κ2) is 11.5. The Labute approximate surface area is 261 Å². The van der Waals surface area contributed by atoms with Gasteiger partial charge in [0.25, 0.3) is 5.56 Å². The van der Waals surface area contributed by atoms with E-state index < -0.39 is 17.7 Å². The van der Waals surface area contributed by atoms with Crippen LogP contribution in [0.5, 0.6) is 5.75 Å². The van der Waals surface area contributed by atoms with E-state index in [-0.39, 0.29) is 42.4 Å². The first kappa shape index (κ1) is 29.9. The van der Waals surface area contributed by atoms with Gasteiger partial charge in [-0.2, -0.15) is 0 Å². The topological polar surface area (TPSA) is 134 Å². The van der Waals surface area contributed by atoms with Crippen LogP contribution in [0.4, 0.5) is 4.79 Å². The van der Waals surface area contributed by atoms with Crippen LogP contribution in [0.2, 0.25) is 0 Å². The van der Waals surface area contributed by atoms with Gasteiger partial charge in [-0.3, -0.25) is 4.79 Å². The highest BCUT2D eigenvalue weighted by Crippen LogP contribution is 2.42. The average Bonchev–Trinajstić information content (AvgIpc) is 3.44. The summed E-state index contributed by atoms with van der Waals surface area (Å²) in [6, 6.07) is 7.38. The highest BCUT2D eigenvalue weighted by atomic mass is 16.6. The standard InChI is InChI=1S/C34H40N4O7/c1-3-28(39)29-22-16-21(45-33(42)37-14-10-20(11-15-37)36-12-6-5-7-13-36)8-9-26(22)35-30-23(29)18-38-27(30)17-25-24(31(38)40)19-44-32(41)34(25,43)4-2/h8-9,16-17,20,28,39,43H,3-7,10-15,18-19H2,1-2H3. The molecule has 0 radical (unpaired) electrons. The minimum atomic E-state index is -1.92. The molecule has 2 N–H and O–H groups in total. The van der Waals surface area contributed by atoms with E-state index in [9.17, 15) is 24.6 Å². The number of aliphatic hydroxyl groups is 2. The zero-order valence-electron chi connectivity index (χ0n) is 25.9. The van der Waals surface area contributed by atoms with Gasteiger partial charge < -0.3 is 34.1 Å². The second-order valence-electron chi connectivity index (χ2n) is 12.7. The van der Waals surface area contributed by atoms with Crippen LogP contribution in [0.25, 0.3) is 22.3 Å². The van der Waals surface area contributed by atoms with Crippen molar-refractivity contribution in [2.45, 2.75) is 89.7 Å². The zero-order valence-corrected chi connectivity index (χ0v) is 25.9. The zero-order chi connectivity index (χ0) is 31.5. The van der Waals surface area contributed by atoms with E-state index in [0.717, 1.165) is 25.9 Å². The summed E-state index contributed by atoms with van der Waals surface area (Å²) in [4.78, 5) is 48.6. The van der Waals surface area contributed by atoms with E-state index in [1.165, 1.54) is 19.3 Å². The molecule has 6 heterocycles. The summed E-state index contributed by atoms with van der Waals surface area (Å²) >= 11 is 0. The number of amides is 1. The van der Waals surface area contributed by atoms with Crippen molar-refractivity contribution in [3.8, 4) is 17.1 Å². The summed E-state index contributed by atoms with van der Waals surface area (Å²) in [7, 11) is 0. The van der Waals surface area contributed by atoms with E-state index in [0.29, 0.717) is 64.7 Å². The average molecular weight is 617 g/mol. The molecule has 0 saturated carbocycles. The Balaban J connectivity index is 1.20. The van der Waals surface area contributed by atoms with Crippen molar-refractivity contribution >= 4 is 23.0 Å². The normalized spacial score (nSPS) is 22.5. The maximum Gasteiger partial charge on any atom is 0.415 e. The molecule has 2 saturated heterocycles. The van der Waals surface area contributed by atoms with Gasteiger partial charge in [0.2, 0.25) is 0 Å². The van der Waals surface area contributed by atoms with Gasteiger partial charge in [0.15, 0.2) is 5.60 Å². The molecule has 2 atom stereocenters. The maximum atomic E-state index is 13.7. The Kier molecular flexibility index (Phi) is 7.66. The number of aromatic nitrogens is 2. The number of hydrogen-bond acceptors (Lipinski definition) is 9. The van der Waals surface area contributed by atoms with Crippen molar-refractivity contribution in [1.82, 2.24) is 19.4 Å². The molecule has 11 heteroatoms. The van der Waals surface area contributed by atoms with Crippen LogP contribution < -0.4 is 10.3 Å². The highest BCUT2D eigenvalue weighted by Gasteiger charge is 2.45. The first-order valence-electron chi connectivity index (χ1n) is 16.3. The van der Waals surface area contributed by atoms with Crippen LogP contribution in [0.15, 0.2) is 29.1 Å². The van der Waals surface area contributed by atoms with Gasteiger partial charge in [-0.25, -0.2) is 14.6 Å². The number of carbonyl (C=O) groups is 2. The van der Waals surface area contributed by atoms with Crippen molar-refractivity contribution in [3.63, 3.8) is 0 Å². The monoisotopic (exact) mass is 616 g/mol. The Morgan fingerprint density at radius 2 is 1.84 bits per heavy atom. The fraction of sp³-hybridized carbons (Fsp3) is 0.529. The number of esters is 1. The number of likely N-dealkylation sites (tertiary alicyclic amines) is 2. The van der Waals surface area contributed by atoms with Gasteiger partial charge in [-0.05, 0) is 81.4 Å². The number of cyclic esters (lactones) is 1. The van der Waals surface area contributed by atoms with Gasteiger partial charge in [0.1, 0.15) is 12.4 Å². The number of benzene rings is 1. The van der Waals surface area contributed by atoms with E-state index in [1.54, 1.807) is 40.7 Å². The quantitative estimate of drug-likeness (QED) is 0.320. The van der Waals surface area contributed by atoms with Crippen LogP contribution >= 0.6 is 0 Å². The summed E-state index contributed by atoms with van der Waals surface area (Å²) in [5.74, 6) is -0.411. The number of carbonyl (C=O) groups excluding carboxylic acids is 2. The largest absolute Gasteiger partial charge is 0.458 e. The summed E-state index contributed by atoms with van der Waals surface area (Å²) in [5.41, 5.74) is 1.08. The molecule has 0 spiro atoms. The lowest BCUT2D eigenvalue weighted by Crippen LogP contribution is -2.48. The molecule has 45 heavy (non-hydrogen) atoms. The first-order chi connectivity index (χ1) is 21.7. The third-order valence-electron chi connectivity index (χ3n) is 10.3. The summed E-state index contributed by atoms with van der Waals surface area (Å²) in [5, 5.41) is 23.1. The third-order valence-corrected chi connectivity index (χ3v) is 10.3. The van der Waals surface area contributed by atoms with E-state index in [4.69, 9.17) is 14.5 Å².